The summed E-state index contributed by atoms with van der Waals surface area (Å²) in [5, 5.41) is 0.960. The molecule has 0 aliphatic rings. The van der Waals surface area contributed by atoms with Crippen LogP contribution < -0.4 is 5.30 Å². The molecule has 2 nitrogen and oxygen atoms in total. The standard InChI is InChI=1S/C12H17Br2O2PS/c1-10(13)8-15-17(18,16-9-11(2)14)12-6-4-3-5-7-12/h3-7,10-11H,8-9H2,1-2H3. The Morgan fingerprint density at radius 3 is 1.89 bits per heavy atom. The highest BCUT2D eigenvalue weighted by atomic mass is 79.9. The van der Waals surface area contributed by atoms with Crippen molar-refractivity contribution < 1.29 is 9.05 Å². The van der Waals surface area contributed by atoms with Crippen LogP contribution in [0, 0.1) is 0 Å². The van der Waals surface area contributed by atoms with Gasteiger partial charge in [-0.15, -0.1) is 0 Å². The van der Waals surface area contributed by atoms with Crippen molar-refractivity contribution in [1.82, 2.24) is 0 Å². The molecular formula is C12H17Br2O2PS. The zero-order valence-electron chi connectivity index (χ0n) is 10.4. The van der Waals surface area contributed by atoms with Gasteiger partial charge in [0.05, 0.1) is 13.2 Å². The summed E-state index contributed by atoms with van der Waals surface area (Å²) in [6.07, 6.45) is 0. The van der Waals surface area contributed by atoms with Crippen LogP contribution in [0.3, 0.4) is 0 Å². The zero-order chi connectivity index (χ0) is 13.6. The molecule has 0 aliphatic heterocycles. The molecule has 0 saturated heterocycles. The average molecular weight is 416 g/mol. The Kier molecular flexibility index (Phi) is 7.59. The Morgan fingerprint density at radius 2 is 1.50 bits per heavy atom. The first-order valence-corrected chi connectivity index (χ1v) is 10.1. The van der Waals surface area contributed by atoms with Crippen molar-refractivity contribution in [3.8, 4) is 0 Å². The van der Waals surface area contributed by atoms with Gasteiger partial charge in [0.2, 0.25) is 6.49 Å². The zero-order valence-corrected chi connectivity index (χ0v) is 15.3. The number of benzene rings is 1. The van der Waals surface area contributed by atoms with E-state index in [9.17, 15) is 0 Å². The van der Waals surface area contributed by atoms with Crippen LogP contribution in [0.5, 0.6) is 0 Å². The fourth-order valence-corrected chi connectivity index (χ4v) is 4.35. The second-order valence-electron chi connectivity index (χ2n) is 3.99. The topological polar surface area (TPSA) is 18.5 Å². The van der Waals surface area contributed by atoms with Gasteiger partial charge in [-0.2, -0.15) is 0 Å². The molecule has 1 aromatic carbocycles. The molecule has 0 saturated carbocycles. The van der Waals surface area contributed by atoms with Crippen molar-refractivity contribution in [2.24, 2.45) is 0 Å². The van der Waals surface area contributed by atoms with E-state index in [-0.39, 0.29) is 9.65 Å². The van der Waals surface area contributed by atoms with Gasteiger partial charge in [0.15, 0.2) is 0 Å². The highest BCUT2D eigenvalue weighted by Crippen LogP contribution is 2.48. The number of alkyl halides is 2. The SMILES string of the molecule is CC(Br)COP(=S)(OCC(C)Br)c1ccccc1. The smallest absolute Gasteiger partial charge is 0.219 e. The molecule has 102 valence electrons. The first kappa shape index (κ1) is 16.8. The van der Waals surface area contributed by atoms with Crippen molar-refractivity contribution in [3.63, 3.8) is 0 Å². The Hall–Kier alpha value is 0.750. The lowest BCUT2D eigenvalue weighted by atomic mass is 10.4. The van der Waals surface area contributed by atoms with Gasteiger partial charge in [0.1, 0.15) is 0 Å². The average Bonchev–Trinajstić information content (AvgIpc) is 2.35. The van der Waals surface area contributed by atoms with Crippen LogP contribution in [-0.2, 0) is 20.9 Å². The van der Waals surface area contributed by atoms with Crippen molar-refractivity contribution >= 4 is 55.5 Å². The Bertz CT molecular complexity index is 382. The highest BCUT2D eigenvalue weighted by Gasteiger charge is 2.23. The van der Waals surface area contributed by atoms with Crippen LogP contribution in [0.25, 0.3) is 0 Å². The summed E-state index contributed by atoms with van der Waals surface area (Å²) >= 11 is 12.6. The monoisotopic (exact) mass is 414 g/mol. The summed E-state index contributed by atoms with van der Waals surface area (Å²) < 4.78 is 11.7. The summed E-state index contributed by atoms with van der Waals surface area (Å²) in [4.78, 5) is 0.516. The van der Waals surface area contributed by atoms with Crippen LogP contribution in [0.15, 0.2) is 30.3 Å². The van der Waals surface area contributed by atoms with Gasteiger partial charge in [-0.3, -0.25) is 0 Å². The van der Waals surface area contributed by atoms with Crippen LogP contribution >= 0.6 is 38.4 Å². The first-order chi connectivity index (χ1) is 8.44. The van der Waals surface area contributed by atoms with E-state index >= 15 is 0 Å². The van der Waals surface area contributed by atoms with E-state index in [4.69, 9.17) is 20.9 Å². The van der Waals surface area contributed by atoms with Crippen molar-refractivity contribution in [3.05, 3.63) is 30.3 Å². The van der Waals surface area contributed by atoms with Gasteiger partial charge < -0.3 is 9.05 Å². The fourth-order valence-electron chi connectivity index (χ4n) is 1.20. The number of rotatable bonds is 7. The van der Waals surface area contributed by atoms with Gasteiger partial charge in [0.25, 0.3) is 0 Å². The molecule has 1 aromatic rings. The molecule has 0 amide bonds. The van der Waals surface area contributed by atoms with Crippen LogP contribution in [-0.4, -0.2) is 22.9 Å². The van der Waals surface area contributed by atoms with E-state index in [0.29, 0.717) is 13.2 Å². The van der Waals surface area contributed by atoms with E-state index in [1.165, 1.54) is 0 Å². The molecule has 0 fully saturated rings. The third-order valence-corrected chi connectivity index (χ3v) is 5.72. The lowest BCUT2D eigenvalue weighted by molar-refractivity contribution is 0.260. The predicted octanol–water partition coefficient (Wildman–Crippen LogP) is 4.22. The fraction of sp³-hybridized carbons (Fsp3) is 0.500. The predicted molar refractivity (Wildman–Crippen MR) is 89.0 cm³/mol. The molecule has 2 atom stereocenters. The molecule has 0 spiro atoms. The molecule has 0 aliphatic carbocycles. The van der Waals surface area contributed by atoms with Crippen molar-refractivity contribution in [1.29, 1.82) is 0 Å². The van der Waals surface area contributed by atoms with E-state index in [1.54, 1.807) is 0 Å². The van der Waals surface area contributed by atoms with Crippen molar-refractivity contribution in [2.75, 3.05) is 13.2 Å². The molecule has 0 aromatic heterocycles. The Morgan fingerprint density at radius 1 is 1.06 bits per heavy atom. The van der Waals surface area contributed by atoms with E-state index in [1.807, 2.05) is 44.2 Å². The molecule has 2 unspecified atom stereocenters. The lowest BCUT2D eigenvalue weighted by Gasteiger charge is -2.24. The summed E-state index contributed by atoms with van der Waals surface area (Å²) in [6.45, 7) is 2.73. The second-order valence-corrected chi connectivity index (χ2v) is 10.6. The molecule has 0 heterocycles. The lowest BCUT2D eigenvalue weighted by Crippen LogP contribution is -2.15. The van der Waals surface area contributed by atoms with Crippen molar-refractivity contribution in [2.45, 2.75) is 23.5 Å². The number of hydrogen-bond acceptors (Lipinski definition) is 3. The summed E-state index contributed by atoms with van der Waals surface area (Å²) in [6, 6.07) is 9.82. The minimum Gasteiger partial charge on any atom is -0.325 e. The van der Waals surface area contributed by atoms with Crippen LogP contribution in [0.1, 0.15) is 13.8 Å². The second kappa shape index (κ2) is 8.13. The van der Waals surface area contributed by atoms with E-state index in [2.05, 4.69) is 31.9 Å². The number of hydrogen-bond donors (Lipinski definition) is 0. The van der Waals surface area contributed by atoms with E-state index in [0.717, 1.165) is 5.30 Å². The summed E-state index contributed by atoms with van der Waals surface area (Å²) in [5.41, 5.74) is 0. The third-order valence-electron chi connectivity index (χ3n) is 2.02. The summed E-state index contributed by atoms with van der Waals surface area (Å²) in [7, 11) is 0. The van der Waals surface area contributed by atoms with Gasteiger partial charge in [0, 0.05) is 15.0 Å². The molecule has 0 N–H and O–H groups in total. The molecular weight excluding hydrogens is 399 g/mol. The maximum absolute atomic E-state index is 5.86. The molecule has 0 bridgehead atoms. The summed E-state index contributed by atoms with van der Waals surface area (Å²) in [5.74, 6) is 0. The first-order valence-electron chi connectivity index (χ1n) is 5.67. The van der Waals surface area contributed by atoms with Gasteiger partial charge >= 0.3 is 0 Å². The Balaban J connectivity index is 2.83. The highest BCUT2D eigenvalue weighted by molar-refractivity contribution is 9.09. The van der Waals surface area contributed by atoms with Gasteiger partial charge in [-0.1, -0.05) is 63.9 Å². The maximum Gasteiger partial charge on any atom is 0.219 e. The maximum atomic E-state index is 5.86. The molecule has 1 rings (SSSR count). The van der Waals surface area contributed by atoms with E-state index < -0.39 is 6.49 Å². The molecule has 6 heteroatoms. The minimum atomic E-state index is -2.41. The molecule has 0 radical (unpaired) electrons. The minimum absolute atomic E-state index is 0.258. The normalized spacial score (nSPS) is 18.0. The van der Waals surface area contributed by atoms with Crippen LogP contribution in [0.4, 0.5) is 0 Å². The van der Waals surface area contributed by atoms with Gasteiger partial charge in [-0.05, 0) is 23.9 Å². The largest absolute Gasteiger partial charge is 0.325 e. The Labute approximate surface area is 131 Å². The third kappa shape index (κ3) is 5.81. The number of halogens is 2. The molecule has 18 heavy (non-hydrogen) atoms. The quantitative estimate of drug-likeness (QED) is 0.490. The van der Waals surface area contributed by atoms with Gasteiger partial charge in [-0.25, -0.2) is 0 Å². The van der Waals surface area contributed by atoms with Crippen LogP contribution in [0.2, 0.25) is 0 Å².